The second-order valence-electron chi connectivity index (χ2n) is 2.71. The van der Waals surface area contributed by atoms with E-state index in [-0.39, 0.29) is 0 Å². The molecule has 0 aliphatic rings. The predicted octanol–water partition coefficient (Wildman–Crippen LogP) is 1.86. The van der Waals surface area contributed by atoms with Crippen molar-refractivity contribution in [1.29, 1.82) is 0 Å². The lowest BCUT2D eigenvalue weighted by Gasteiger charge is -1.92. The second-order valence-corrected chi connectivity index (χ2v) is 2.71. The van der Waals surface area contributed by atoms with Crippen LogP contribution in [0.25, 0.3) is 10.9 Å². The third kappa shape index (κ3) is 0.871. The molecule has 0 bridgehead atoms. The Labute approximate surface area is 65.0 Å². The van der Waals surface area contributed by atoms with Crippen LogP contribution in [0.5, 0.6) is 0 Å². The molecule has 2 heteroatoms. The summed E-state index contributed by atoms with van der Waals surface area (Å²) in [4.78, 5) is 2.98. The molecule has 2 aromatic rings. The van der Waals surface area contributed by atoms with Gasteiger partial charge in [0.15, 0.2) is 0 Å². The van der Waals surface area contributed by atoms with Crippen LogP contribution >= 0.6 is 0 Å². The first-order chi connectivity index (χ1) is 5.27. The summed E-state index contributed by atoms with van der Waals surface area (Å²) in [6, 6.07) is 6.11. The highest BCUT2D eigenvalue weighted by Gasteiger charge is 1.98. The first kappa shape index (κ1) is 6.28. The van der Waals surface area contributed by atoms with Crippen LogP contribution in [0.1, 0.15) is 5.56 Å². The molecular formula is C9H9N2. The van der Waals surface area contributed by atoms with Crippen molar-refractivity contribution >= 4 is 16.6 Å². The number of benzene rings is 1. The summed E-state index contributed by atoms with van der Waals surface area (Å²) in [5.74, 6) is 0. The van der Waals surface area contributed by atoms with E-state index in [4.69, 9.17) is 5.73 Å². The van der Waals surface area contributed by atoms with Crippen LogP contribution in [-0.2, 0) is 0 Å². The Morgan fingerprint density at radius 3 is 3.09 bits per heavy atom. The molecule has 11 heavy (non-hydrogen) atoms. The lowest BCUT2D eigenvalue weighted by atomic mass is 10.2. The fourth-order valence-electron chi connectivity index (χ4n) is 1.20. The molecule has 1 aromatic carbocycles. The minimum absolute atomic E-state index is 0.694. The summed E-state index contributed by atoms with van der Waals surface area (Å²) in [5.41, 5.74) is 8.62. The van der Waals surface area contributed by atoms with Gasteiger partial charge in [0.05, 0.1) is 11.9 Å². The summed E-state index contributed by atoms with van der Waals surface area (Å²) in [6.07, 6.45) is 2.86. The largest absolute Gasteiger partial charge is 0.396 e. The van der Waals surface area contributed by atoms with E-state index in [1.807, 2.05) is 12.1 Å². The molecule has 0 fully saturated rings. The molecule has 0 unspecified atom stereocenters. The quantitative estimate of drug-likeness (QED) is 0.583. The third-order valence-electron chi connectivity index (χ3n) is 1.80. The maximum absolute atomic E-state index is 5.64. The van der Waals surface area contributed by atoms with Crippen molar-refractivity contribution in [2.75, 3.05) is 5.73 Å². The number of hydrogen-bond donors (Lipinski definition) is 2. The minimum Gasteiger partial charge on any atom is -0.396 e. The molecule has 0 saturated carbocycles. The van der Waals surface area contributed by atoms with Gasteiger partial charge in [-0.2, -0.15) is 0 Å². The van der Waals surface area contributed by atoms with E-state index in [1.54, 1.807) is 0 Å². The van der Waals surface area contributed by atoms with E-state index in [0.717, 1.165) is 10.9 Å². The van der Waals surface area contributed by atoms with E-state index in [1.165, 1.54) is 5.56 Å². The van der Waals surface area contributed by atoms with Crippen LogP contribution in [0.15, 0.2) is 18.2 Å². The Hall–Kier alpha value is -1.44. The first-order valence-electron chi connectivity index (χ1n) is 3.53. The molecule has 0 atom stereocenters. The van der Waals surface area contributed by atoms with Crippen LogP contribution in [-0.4, -0.2) is 4.98 Å². The maximum atomic E-state index is 5.64. The monoisotopic (exact) mass is 145 g/mol. The fraction of sp³-hybridized carbons (Fsp3) is 0.111. The van der Waals surface area contributed by atoms with Crippen molar-refractivity contribution in [2.24, 2.45) is 0 Å². The normalized spacial score (nSPS) is 10.6. The van der Waals surface area contributed by atoms with Crippen molar-refractivity contribution in [2.45, 2.75) is 6.92 Å². The lowest BCUT2D eigenvalue weighted by molar-refractivity contribution is 1.43. The number of hydrogen-bond acceptors (Lipinski definition) is 1. The van der Waals surface area contributed by atoms with Crippen LogP contribution in [0.4, 0.5) is 5.69 Å². The number of aryl methyl sites for hydroxylation is 1. The SMILES string of the molecule is Cc1ccc2c(N)[c][nH]c2c1. The highest BCUT2D eigenvalue weighted by Crippen LogP contribution is 2.19. The van der Waals surface area contributed by atoms with Crippen molar-refractivity contribution in [3.63, 3.8) is 0 Å². The van der Waals surface area contributed by atoms with Crippen molar-refractivity contribution in [3.05, 3.63) is 30.0 Å². The minimum atomic E-state index is 0.694. The van der Waals surface area contributed by atoms with Crippen LogP contribution in [0, 0.1) is 13.1 Å². The number of nitrogen functional groups attached to an aromatic ring is 1. The van der Waals surface area contributed by atoms with Gasteiger partial charge in [-0.1, -0.05) is 12.1 Å². The molecule has 0 aliphatic heterocycles. The number of aromatic amines is 1. The zero-order valence-corrected chi connectivity index (χ0v) is 6.31. The molecule has 55 valence electrons. The molecule has 1 heterocycles. The predicted molar refractivity (Wildman–Crippen MR) is 46.3 cm³/mol. The van der Waals surface area contributed by atoms with Crippen molar-refractivity contribution in [1.82, 2.24) is 4.98 Å². The van der Waals surface area contributed by atoms with Gasteiger partial charge in [-0.25, -0.2) is 0 Å². The molecule has 1 radical (unpaired) electrons. The van der Waals surface area contributed by atoms with Gasteiger partial charge in [-0.15, -0.1) is 0 Å². The van der Waals surface area contributed by atoms with Gasteiger partial charge in [0, 0.05) is 10.9 Å². The molecule has 0 spiro atoms. The standard InChI is InChI=1S/C9H9N2/c1-6-2-3-7-8(10)5-11-9(7)4-6/h2-4,11H,10H2,1H3. The fourth-order valence-corrected chi connectivity index (χ4v) is 1.20. The Morgan fingerprint density at radius 1 is 1.45 bits per heavy atom. The first-order valence-corrected chi connectivity index (χ1v) is 3.53. The Morgan fingerprint density at radius 2 is 2.27 bits per heavy atom. The van der Waals surface area contributed by atoms with E-state index in [0.29, 0.717) is 5.69 Å². The molecule has 1 aromatic heterocycles. The molecule has 3 N–H and O–H groups in total. The van der Waals surface area contributed by atoms with Crippen molar-refractivity contribution < 1.29 is 0 Å². The van der Waals surface area contributed by atoms with E-state index < -0.39 is 0 Å². The number of rotatable bonds is 0. The summed E-state index contributed by atoms with van der Waals surface area (Å²) in [7, 11) is 0. The van der Waals surface area contributed by atoms with Gasteiger partial charge < -0.3 is 10.7 Å². The number of fused-ring (bicyclic) bond motifs is 1. The van der Waals surface area contributed by atoms with Gasteiger partial charge in [0.1, 0.15) is 0 Å². The van der Waals surface area contributed by atoms with Crippen molar-refractivity contribution in [3.8, 4) is 0 Å². The second kappa shape index (κ2) is 2.02. The average Bonchev–Trinajstić information content (AvgIpc) is 2.32. The van der Waals surface area contributed by atoms with Gasteiger partial charge >= 0.3 is 0 Å². The number of anilines is 1. The molecule has 2 rings (SSSR count). The number of nitrogens with one attached hydrogen (secondary N) is 1. The Balaban J connectivity index is 2.86. The zero-order chi connectivity index (χ0) is 7.84. The maximum Gasteiger partial charge on any atom is 0.0885 e. The van der Waals surface area contributed by atoms with Gasteiger partial charge in [0.2, 0.25) is 0 Å². The highest BCUT2D eigenvalue weighted by molar-refractivity contribution is 5.91. The summed E-state index contributed by atoms with van der Waals surface area (Å²) in [6.45, 7) is 2.05. The Kier molecular flexibility index (Phi) is 1.15. The zero-order valence-electron chi connectivity index (χ0n) is 6.31. The van der Waals surface area contributed by atoms with Crippen LogP contribution < -0.4 is 5.73 Å². The number of nitrogens with two attached hydrogens (primary N) is 1. The molecule has 0 saturated heterocycles. The Bertz CT molecular complexity index is 387. The summed E-state index contributed by atoms with van der Waals surface area (Å²) >= 11 is 0. The average molecular weight is 145 g/mol. The summed E-state index contributed by atoms with van der Waals surface area (Å²) in [5, 5.41) is 1.05. The van der Waals surface area contributed by atoms with Crippen LogP contribution in [0.3, 0.4) is 0 Å². The third-order valence-corrected chi connectivity index (χ3v) is 1.80. The smallest absolute Gasteiger partial charge is 0.0885 e. The molecule has 0 amide bonds. The van der Waals surface area contributed by atoms with E-state index in [2.05, 4.69) is 24.2 Å². The molecule has 2 nitrogen and oxygen atoms in total. The number of H-pyrrole nitrogens is 1. The van der Waals surface area contributed by atoms with Gasteiger partial charge in [0.25, 0.3) is 0 Å². The van der Waals surface area contributed by atoms with Gasteiger partial charge in [-0.05, 0) is 18.6 Å². The van der Waals surface area contributed by atoms with Crippen LogP contribution in [0.2, 0.25) is 0 Å². The lowest BCUT2D eigenvalue weighted by Crippen LogP contribution is -1.79. The summed E-state index contributed by atoms with van der Waals surface area (Å²) < 4.78 is 0. The highest BCUT2D eigenvalue weighted by atomic mass is 14.7. The molecule has 0 aliphatic carbocycles. The molecular weight excluding hydrogens is 136 g/mol. The van der Waals surface area contributed by atoms with E-state index in [9.17, 15) is 0 Å². The van der Waals surface area contributed by atoms with E-state index >= 15 is 0 Å². The topological polar surface area (TPSA) is 41.8 Å². The van der Waals surface area contributed by atoms with Gasteiger partial charge in [-0.3, -0.25) is 0 Å². The number of aromatic nitrogens is 1.